The summed E-state index contributed by atoms with van der Waals surface area (Å²) in [5, 5.41) is 4.90. The fourth-order valence-corrected chi connectivity index (χ4v) is 10.1. The average Bonchev–Trinajstić information content (AvgIpc) is 3.64. The van der Waals surface area contributed by atoms with Crippen molar-refractivity contribution in [2.45, 2.75) is 0 Å². The van der Waals surface area contributed by atoms with Crippen LogP contribution in [0.1, 0.15) is 0 Å². The summed E-state index contributed by atoms with van der Waals surface area (Å²) in [6, 6.07) is 50.8. The molecular weight excluding hydrogens is 751 g/mol. The van der Waals surface area contributed by atoms with Gasteiger partial charge in [-0.05, 0) is 62.9 Å². The van der Waals surface area contributed by atoms with Crippen molar-refractivity contribution in [2.75, 3.05) is 0 Å². The van der Waals surface area contributed by atoms with E-state index in [-0.39, 0.29) is 0 Å². The molecule has 0 aliphatic carbocycles. The maximum atomic E-state index is 5.28. The van der Waals surface area contributed by atoms with Gasteiger partial charge in [0.2, 0.25) is 0 Å². The number of rotatable bonds is 6. The van der Waals surface area contributed by atoms with Gasteiger partial charge in [-0.1, -0.05) is 148 Å². The van der Waals surface area contributed by atoms with Crippen molar-refractivity contribution in [1.29, 1.82) is 0 Å². The zero-order valence-electron chi connectivity index (χ0n) is 38.1. The molecule has 0 aliphatic rings. The monoisotopic (exact) mass is 795 g/mol. The van der Waals surface area contributed by atoms with Crippen LogP contribution in [0.25, 0.3) is 94.4 Å². The van der Waals surface area contributed by atoms with E-state index >= 15 is 0 Å². The molecule has 10 aromatic rings. The lowest BCUT2D eigenvalue weighted by Gasteiger charge is -2.22. The number of hydrogen-bond donors (Lipinski definition) is 0. The molecule has 288 valence electrons. The molecule has 8 aromatic carbocycles. The standard InChI is InChI=1S/C50H43B10N3/c51-39-38(40(52)42(54)43(55)41(39)53)35-23-34(61-50(62-35)26-8-2-1-3-9-26)31-20-19-28(29-10-4-5-11-30(29)31)25-16-14-24(15-17-25)27-18-21-37-33(22-27)32-12-6-7-13-36(32)63(37)49-47(59)45(57)44(56)46(58)48(49)60/h1-23H,51-60H2. The lowest BCUT2D eigenvalue weighted by Crippen LogP contribution is -2.56. The van der Waals surface area contributed by atoms with Crippen LogP contribution in [0.2, 0.25) is 0 Å². The highest BCUT2D eigenvalue weighted by Gasteiger charge is 2.21. The van der Waals surface area contributed by atoms with Gasteiger partial charge in [0.05, 0.1) is 22.4 Å². The Morgan fingerprint density at radius 1 is 0.317 bits per heavy atom. The number of aromatic nitrogens is 3. The van der Waals surface area contributed by atoms with Crippen molar-refractivity contribution in [3.05, 3.63) is 140 Å². The van der Waals surface area contributed by atoms with E-state index in [0.717, 1.165) is 28.3 Å². The van der Waals surface area contributed by atoms with Crippen molar-refractivity contribution in [2.24, 2.45) is 0 Å². The second kappa shape index (κ2) is 15.7. The van der Waals surface area contributed by atoms with Gasteiger partial charge in [0.1, 0.15) is 78.5 Å². The van der Waals surface area contributed by atoms with Gasteiger partial charge in [0, 0.05) is 27.6 Å². The molecule has 0 saturated carbocycles. The summed E-state index contributed by atoms with van der Waals surface area (Å²) in [7, 11) is 22.5. The topological polar surface area (TPSA) is 30.7 Å². The SMILES string of the molecule is Bc1c(B)c(B)c(-c2cc(-c3ccc(-c4ccc(-c5ccc6c(c5)c5ccccc5n6-c5c(B)c(B)c(B)c(B)c5B)cc4)c4ccccc34)nc(-c3ccccc3)n2)c(B)c1B. The Balaban J connectivity index is 1.07. The molecule has 0 amide bonds. The van der Waals surface area contributed by atoms with Crippen LogP contribution < -0.4 is 54.6 Å². The third kappa shape index (κ3) is 6.58. The minimum atomic E-state index is 0.731. The minimum absolute atomic E-state index is 0.731. The smallest absolute Gasteiger partial charge is 0.160 e. The van der Waals surface area contributed by atoms with E-state index < -0.39 is 0 Å². The van der Waals surface area contributed by atoms with Crippen LogP contribution >= 0.6 is 0 Å². The number of benzene rings is 8. The second-order valence-corrected chi connectivity index (χ2v) is 17.7. The van der Waals surface area contributed by atoms with Gasteiger partial charge in [0.25, 0.3) is 0 Å². The van der Waals surface area contributed by atoms with Gasteiger partial charge < -0.3 is 4.57 Å². The largest absolute Gasteiger partial charge is 0.310 e. The third-order valence-electron chi connectivity index (χ3n) is 14.6. The number of para-hydroxylation sites is 1. The highest BCUT2D eigenvalue weighted by atomic mass is 15.0. The Bertz CT molecular complexity index is 3460. The molecule has 0 saturated heterocycles. The molecule has 0 fully saturated rings. The molecule has 0 unspecified atom stereocenters. The first-order chi connectivity index (χ1) is 30.4. The Labute approximate surface area is 379 Å². The maximum absolute atomic E-state index is 5.28. The molecule has 3 nitrogen and oxygen atoms in total. The zero-order chi connectivity index (χ0) is 43.8. The van der Waals surface area contributed by atoms with Crippen LogP contribution in [0.15, 0.2) is 140 Å². The first kappa shape index (κ1) is 40.6. The molecule has 0 aliphatic heterocycles. The lowest BCUT2D eigenvalue weighted by atomic mass is 9.60. The summed E-state index contributed by atoms with van der Waals surface area (Å²) in [5.41, 5.74) is 27.1. The van der Waals surface area contributed by atoms with Crippen molar-refractivity contribution in [1.82, 2.24) is 14.5 Å². The lowest BCUT2D eigenvalue weighted by molar-refractivity contribution is 1.19. The second-order valence-electron chi connectivity index (χ2n) is 17.7. The van der Waals surface area contributed by atoms with E-state index in [9.17, 15) is 0 Å². The molecular formula is C50H43B10N3. The number of nitrogens with zero attached hydrogens (tertiary/aromatic N) is 3. The minimum Gasteiger partial charge on any atom is -0.310 e. The Kier molecular flexibility index (Phi) is 10.1. The van der Waals surface area contributed by atoms with Gasteiger partial charge in [-0.25, -0.2) is 9.97 Å². The van der Waals surface area contributed by atoms with Crippen LogP contribution in [0.5, 0.6) is 0 Å². The number of fused-ring (bicyclic) bond motifs is 4. The summed E-state index contributed by atoms with van der Waals surface area (Å²) in [4.78, 5) is 10.5. The fraction of sp³-hybridized carbons (Fsp3) is 0. The molecule has 13 heteroatoms. The van der Waals surface area contributed by atoms with Crippen LogP contribution in [-0.2, 0) is 0 Å². The molecule has 10 rings (SSSR count). The summed E-state index contributed by atoms with van der Waals surface area (Å²) in [5.74, 6) is 0.731. The van der Waals surface area contributed by atoms with Crippen LogP contribution in [0.4, 0.5) is 0 Å². The van der Waals surface area contributed by atoms with Gasteiger partial charge in [-0.3, -0.25) is 0 Å². The Hall–Kier alpha value is -6.45. The molecule has 63 heavy (non-hydrogen) atoms. The predicted octanol–water partition coefficient (Wildman–Crippen LogP) is -4.35. The van der Waals surface area contributed by atoms with E-state index in [1.807, 2.05) is 6.07 Å². The molecule has 2 heterocycles. The molecule has 0 atom stereocenters. The molecule has 2 aromatic heterocycles. The first-order valence-electron chi connectivity index (χ1n) is 22.2. The van der Waals surface area contributed by atoms with E-state index in [0.29, 0.717) is 0 Å². The van der Waals surface area contributed by atoms with E-state index in [2.05, 4.69) is 216 Å². The van der Waals surface area contributed by atoms with Gasteiger partial charge in [-0.2, -0.15) is 0 Å². The maximum Gasteiger partial charge on any atom is 0.160 e. The van der Waals surface area contributed by atoms with E-state index in [4.69, 9.17) is 9.97 Å². The summed E-state index contributed by atoms with van der Waals surface area (Å²) < 4.78 is 2.49. The van der Waals surface area contributed by atoms with Gasteiger partial charge >= 0.3 is 0 Å². The zero-order valence-corrected chi connectivity index (χ0v) is 38.1. The molecule has 0 radical (unpaired) electrons. The molecule has 0 bridgehead atoms. The summed E-state index contributed by atoms with van der Waals surface area (Å²) in [6.45, 7) is 0. The summed E-state index contributed by atoms with van der Waals surface area (Å²) >= 11 is 0. The predicted molar refractivity (Wildman–Crippen MR) is 303 cm³/mol. The third-order valence-corrected chi connectivity index (χ3v) is 14.6. The van der Waals surface area contributed by atoms with Crippen LogP contribution in [0, 0.1) is 0 Å². The Morgan fingerprint density at radius 2 is 0.794 bits per heavy atom. The van der Waals surface area contributed by atoms with Crippen LogP contribution in [-0.4, -0.2) is 93.0 Å². The van der Waals surface area contributed by atoms with Gasteiger partial charge in [0.15, 0.2) is 5.82 Å². The van der Waals surface area contributed by atoms with Crippen molar-refractivity contribution in [3.8, 4) is 61.8 Å². The van der Waals surface area contributed by atoms with Crippen molar-refractivity contribution < 1.29 is 0 Å². The van der Waals surface area contributed by atoms with Gasteiger partial charge in [-0.15, -0.1) is 21.9 Å². The molecule has 0 spiro atoms. The first-order valence-corrected chi connectivity index (χ1v) is 22.2. The van der Waals surface area contributed by atoms with Crippen molar-refractivity contribution in [3.63, 3.8) is 0 Å². The quantitative estimate of drug-likeness (QED) is 0.160. The molecule has 0 N–H and O–H groups in total. The number of hydrogen-bond acceptors (Lipinski definition) is 2. The average molecular weight is 794 g/mol. The highest BCUT2D eigenvalue weighted by molar-refractivity contribution is 6.69. The Morgan fingerprint density at radius 3 is 1.44 bits per heavy atom. The fourth-order valence-electron chi connectivity index (χ4n) is 10.1. The normalized spacial score (nSPS) is 11.5. The summed E-state index contributed by atoms with van der Waals surface area (Å²) in [6.07, 6.45) is 0. The highest BCUT2D eigenvalue weighted by Crippen LogP contribution is 2.38. The van der Waals surface area contributed by atoms with E-state index in [1.54, 1.807) is 0 Å². The van der Waals surface area contributed by atoms with Crippen molar-refractivity contribution >= 4 is 166 Å². The van der Waals surface area contributed by atoms with Crippen LogP contribution in [0.3, 0.4) is 0 Å². The van der Waals surface area contributed by atoms with E-state index in [1.165, 1.54) is 121 Å².